The minimum atomic E-state index is -0.0513. The van der Waals surface area contributed by atoms with Crippen molar-refractivity contribution in [3.05, 3.63) is 31.8 Å². The van der Waals surface area contributed by atoms with Gasteiger partial charge in [-0.15, -0.1) is 0 Å². The largest absolute Gasteiger partial charge is 0.396 e. The van der Waals surface area contributed by atoms with Gasteiger partial charge in [0, 0.05) is 21.2 Å². The third-order valence-corrected chi connectivity index (χ3v) is 4.76. The van der Waals surface area contributed by atoms with Crippen molar-refractivity contribution in [2.75, 3.05) is 13.2 Å². The van der Waals surface area contributed by atoms with Crippen molar-refractivity contribution in [3.8, 4) is 0 Å². The molecule has 1 aliphatic rings. The van der Waals surface area contributed by atoms with Crippen molar-refractivity contribution in [3.63, 3.8) is 0 Å². The summed E-state index contributed by atoms with van der Waals surface area (Å²) in [7, 11) is 0. The Balaban J connectivity index is 1.98. The monoisotopic (exact) mass is 423 g/mol. The fourth-order valence-corrected chi connectivity index (χ4v) is 2.88. The molecule has 98 valence electrons. The Morgan fingerprint density at radius 1 is 1.50 bits per heavy atom. The number of carbonyl (C=O) groups is 1. The van der Waals surface area contributed by atoms with E-state index in [2.05, 4.69) is 43.8 Å². The third kappa shape index (κ3) is 3.45. The zero-order chi connectivity index (χ0) is 13.2. The lowest BCUT2D eigenvalue weighted by Crippen LogP contribution is -2.31. The van der Waals surface area contributed by atoms with Crippen LogP contribution in [0.5, 0.6) is 0 Å². The van der Waals surface area contributed by atoms with Crippen LogP contribution in [-0.4, -0.2) is 24.2 Å². The highest BCUT2D eigenvalue weighted by atomic mass is 127. The van der Waals surface area contributed by atoms with Gasteiger partial charge in [0.25, 0.3) is 5.91 Å². The topological polar surface area (TPSA) is 49.3 Å². The van der Waals surface area contributed by atoms with Gasteiger partial charge in [-0.1, -0.05) is 0 Å². The molecule has 0 atom stereocenters. The first kappa shape index (κ1) is 14.3. The van der Waals surface area contributed by atoms with Gasteiger partial charge in [-0.05, 0) is 81.4 Å². The van der Waals surface area contributed by atoms with E-state index in [0.29, 0.717) is 12.1 Å². The Labute approximate surface area is 129 Å². The van der Waals surface area contributed by atoms with Crippen molar-refractivity contribution < 1.29 is 9.90 Å². The van der Waals surface area contributed by atoms with Gasteiger partial charge in [0.05, 0.1) is 5.56 Å². The molecule has 1 fully saturated rings. The van der Waals surface area contributed by atoms with Crippen LogP contribution in [0.25, 0.3) is 0 Å². The second kappa shape index (κ2) is 5.88. The molecule has 18 heavy (non-hydrogen) atoms. The number of amides is 1. The second-order valence-electron chi connectivity index (χ2n) is 4.78. The number of carbonyl (C=O) groups excluding carboxylic acids is 1. The molecule has 1 aromatic rings. The van der Waals surface area contributed by atoms with Crippen LogP contribution < -0.4 is 5.32 Å². The van der Waals surface area contributed by atoms with Crippen LogP contribution in [0.15, 0.2) is 22.7 Å². The Morgan fingerprint density at radius 2 is 2.22 bits per heavy atom. The molecule has 1 saturated carbocycles. The Bertz CT molecular complexity index is 460. The molecule has 0 spiro atoms. The maximum atomic E-state index is 12.1. The van der Waals surface area contributed by atoms with Gasteiger partial charge in [0.2, 0.25) is 0 Å². The van der Waals surface area contributed by atoms with Gasteiger partial charge in [-0.25, -0.2) is 0 Å². The number of halogens is 2. The van der Waals surface area contributed by atoms with Crippen LogP contribution in [0.2, 0.25) is 0 Å². The van der Waals surface area contributed by atoms with Gasteiger partial charge in [-0.3, -0.25) is 4.79 Å². The molecule has 0 aromatic heterocycles. The van der Waals surface area contributed by atoms with E-state index in [1.807, 2.05) is 18.2 Å². The van der Waals surface area contributed by atoms with Gasteiger partial charge in [-0.2, -0.15) is 0 Å². The zero-order valence-electron chi connectivity index (χ0n) is 9.88. The van der Waals surface area contributed by atoms with Crippen LogP contribution in [0.4, 0.5) is 0 Å². The van der Waals surface area contributed by atoms with Crippen LogP contribution in [-0.2, 0) is 0 Å². The lowest BCUT2D eigenvalue weighted by atomic mass is 10.0. The van der Waals surface area contributed by atoms with Gasteiger partial charge < -0.3 is 10.4 Å². The normalized spacial score (nSPS) is 16.4. The predicted octanol–water partition coefficient (Wildman–Crippen LogP) is 2.95. The fraction of sp³-hybridized carbons (Fsp3) is 0.462. The number of benzene rings is 1. The lowest BCUT2D eigenvalue weighted by molar-refractivity contribution is 0.0940. The highest BCUT2D eigenvalue weighted by Gasteiger charge is 2.41. The Kier molecular flexibility index (Phi) is 4.66. The molecular weight excluding hydrogens is 409 g/mol. The summed E-state index contributed by atoms with van der Waals surface area (Å²) in [5, 5.41) is 12.0. The highest BCUT2D eigenvalue weighted by molar-refractivity contribution is 14.1. The van der Waals surface area contributed by atoms with Crippen molar-refractivity contribution in [2.45, 2.75) is 19.3 Å². The average Bonchev–Trinajstić information content (AvgIpc) is 3.10. The van der Waals surface area contributed by atoms with Crippen LogP contribution in [0.3, 0.4) is 0 Å². The van der Waals surface area contributed by atoms with Gasteiger partial charge >= 0.3 is 0 Å². The van der Waals surface area contributed by atoms with E-state index in [1.54, 1.807) is 0 Å². The molecule has 0 radical (unpaired) electrons. The van der Waals surface area contributed by atoms with Gasteiger partial charge in [0.15, 0.2) is 0 Å². The minimum absolute atomic E-state index is 0.0513. The van der Waals surface area contributed by atoms with E-state index >= 15 is 0 Å². The standard InChI is InChI=1S/C13H15BrINO2/c14-11-2-1-9(15)7-10(11)12(18)16-8-13(3-4-13)5-6-17/h1-2,7,17H,3-6,8H2,(H,16,18). The molecule has 0 saturated heterocycles. The molecule has 0 unspecified atom stereocenters. The molecule has 2 N–H and O–H groups in total. The maximum Gasteiger partial charge on any atom is 0.252 e. The first-order valence-electron chi connectivity index (χ1n) is 5.90. The van der Waals surface area contributed by atoms with E-state index < -0.39 is 0 Å². The molecule has 0 heterocycles. The molecular formula is C13H15BrINO2. The predicted molar refractivity (Wildman–Crippen MR) is 82.6 cm³/mol. The van der Waals surface area contributed by atoms with Crippen molar-refractivity contribution in [1.29, 1.82) is 0 Å². The van der Waals surface area contributed by atoms with Crippen molar-refractivity contribution in [1.82, 2.24) is 5.32 Å². The molecule has 1 aromatic carbocycles. The summed E-state index contributed by atoms with van der Waals surface area (Å²) in [6.45, 7) is 0.854. The summed E-state index contributed by atoms with van der Waals surface area (Å²) in [4.78, 5) is 12.1. The molecule has 0 aliphatic heterocycles. The number of nitrogens with one attached hydrogen (secondary N) is 1. The summed E-state index contributed by atoms with van der Waals surface area (Å²) in [6.07, 6.45) is 2.98. The van der Waals surface area contributed by atoms with E-state index in [4.69, 9.17) is 5.11 Å². The molecule has 1 amide bonds. The lowest BCUT2D eigenvalue weighted by Gasteiger charge is -2.15. The smallest absolute Gasteiger partial charge is 0.252 e. The number of hydrogen-bond acceptors (Lipinski definition) is 2. The Morgan fingerprint density at radius 3 is 2.83 bits per heavy atom. The van der Waals surface area contributed by atoms with Crippen molar-refractivity contribution >= 4 is 44.4 Å². The second-order valence-corrected chi connectivity index (χ2v) is 6.88. The summed E-state index contributed by atoms with van der Waals surface area (Å²) in [6, 6.07) is 5.71. The SMILES string of the molecule is O=C(NCC1(CCO)CC1)c1cc(I)ccc1Br. The van der Waals surface area contributed by atoms with Crippen LogP contribution in [0.1, 0.15) is 29.6 Å². The maximum absolute atomic E-state index is 12.1. The van der Waals surface area contributed by atoms with E-state index in [9.17, 15) is 4.79 Å². The highest BCUT2D eigenvalue weighted by Crippen LogP contribution is 2.47. The summed E-state index contributed by atoms with van der Waals surface area (Å²) >= 11 is 5.59. The molecule has 1 aliphatic carbocycles. The summed E-state index contributed by atoms with van der Waals surface area (Å²) in [5.74, 6) is -0.0513. The quantitative estimate of drug-likeness (QED) is 0.715. The van der Waals surface area contributed by atoms with E-state index in [-0.39, 0.29) is 17.9 Å². The van der Waals surface area contributed by atoms with Crippen molar-refractivity contribution in [2.24, 2.45) is 5.41 Å². The summed E-state index contributed by atoms with van der Waals surface area (Å²) < 4.78 is 1.85. The molecule has 3 nitrogen and oxygen atoms in total. The Hall–Kier alpha value is -0.140. The van der Waals surface area contributed by atoms with Crippen LogP contribution >= 0.6 is 38.5 Å². The first-order chi connectivity index (χ1) is 8.56. The van der Waals surface area contributed by atoms with Crippen LogP contribution in [0, 0.1) is 8.99 Å². The third-order valence-electron chi connectivity index (χ3n) is 3.40. The molecule has 2 rings (SSSR count). The summed E-state index contributed by atoms with van der Waals surface area (Å²) in [5.41, 5.74) is 0.820. The molecule has 0 bridgehead atoms. The molecule has 5 heteroatoms. The zero-order valence-corrected chi connectivity index (χ0v) is 13.6. The minimum Gasteiger partial charge on any atom is -0.396 e. The number of aliphatic hydroxyl groups is 1. The van der Waals surface area contributed by atoms with Gasteiger partial charge in [0.1, 0.15) is 0 Å². The fourth-order valence-electron chi connectivity index (χ4n) is 1.96. The number of rotatable bonds is 5. The average molecular weight is 424 g/mol. The van der Waals surface area contributed by atoms with E-state index in [0.717, 1.165) is 27.3 Å². The van der Waals surface area contributed by atoms with E-state index in [1.165, 1.54) is 0 Å². The number of hydrogen-bond donors (Lipinski definition) is 2. The number of aliphatic hydroxyl groups excluding tert-OH is 1. The first-order valence-corrected chi connectivity index (χ1v) is 7.78.